The minimum atomic E-state index is -0.400. The van der Waals surface area contributed by atoms with Crippen molar-refractivity contribution in [3.63, 3.8) is 0 Å². The number of rotatable bonds is 3. The van der Waals surface area contributed by atoms with Crippen LogP contribution in [0.5, 0.6) is 0 Å². The van der Waals surface area contributed by atoms with E-state index in [1.54, 1.807) is 0 Å². The molecule has 2 fully saturated rings. The van der Waals surface area contributed by atoms with E-state index in [1.165, 1.54) is 11.3 Å². The monoisotopic (exact) mass is 389 g/mol. The summed E-state index contributed by atoms with van der Waals surface area (Å²) < 4.78 is 5.42. The van der Waals surface area contributed by atoms with E-state index in [1.807, 2.05) is 4.90 Å². The second-order valence-corrected chi connectivity index (χ2v) is 6.66. The van der Waals surface area contributed by atoms with Gasteiger partial charge < -0.3 is 20.3 Å². The first kappa shape index (κ1) is 22.0. The number of para-hydroxylation sites is 1. The van der Waals surface area contributed by atoms with E-state index in [2.05, 4.69) is 36.1 Å². The van der Waals surface area contributed by atoms with Crippen LogP contribution >= 0.6 is 24.8 Å². The van der Waals surface area contributed by atoms with Gasteiger partial charge in [0.1, 0.15) is 0 Å². The van der Waals surface area contributed by atoms with Gasteiger partial charge in [0.15, 0.2) is 0 Å². The zero-order valence-corrected chi connectivity index (χ0v) is 16.4. The van der Waals surface area contributed by atoms with E-state index in [0.717, 1.165) is 39.0 Å². The van der Waals surface area contributed by atoms with E-state index in [9.17, 15) is 4.79 Å². The van der Waals surface area contributed by atoms with Crippen LogP contribution in [0.2, 0.25) is 0 Å². The summed E-state index contributed by atoms with van der Waals surface area (Å²) >= 11 is 0. The average Bonchev–Trinajstić information content (AvgIpc) is 2.62. The van der Waals surface area contributed by atoms with E-state index in [0.29, 0.717) is 19.8 Å². The number of nitrogens with two attached hydrogens (primary N) is 1. The van der Waals surface area contributed by atoms with Crippen molar-refractivity contribution in [2.45, 2.75) is 19.8 Å². The molecule has 2 heterocycles. The fourth-order valence-electron chi connectivity index (χ4n) is 3.67. The number of benzene rings is 1. The van der Waals surface area contributed by atoms with Crippen LogP contribution in [-0.4, -0.2) is 56.7 Å². The van der Waals surface area contributed by atoms with Gasteiger partial charge in [0.05, 0.1) is 5.41 Å². The molecule has 5 nitrogen and oxygen atoms in total. The minimum Gasteiger partial charge on any atom is -0.381 e. The predicted molar refractivity (Wildman–Crippen MR) is 106 cm³/mol. The number of anilines is 1. The molecule has 1 amide bonds. The van der Waals surface area contributed by atoms with Gasteiger partial charge in [0, 0.05) is 51.6 Å². The lowest BCUT2D eigenvalue weighted by Crippen LogP contribution is -2.56. The van der Waals surface area contributed by atoms with Crippen LogP contribution in [0, 0.1) is 12.3 Å². The predicted octanol–water partition coefficient (Wildman–Crippen LogP) is 2.24. The first-order valence-electron chi connectivity index (χ1n) is 8.54. The van der Waals surface area contributed by atoms with Crippen molar-refractivity contribution < 1.29 is 9.53 Å². The number of amides is 1. The fraction of sp³-hybridized carbons (Fsp3) is 0.611. The molecule has 2 N–H and O–H groups in total. The van der Waals surface area contributed by atoms with E-state index >= 15 is 0 Å². The molecule has 2 saturated heterocycles. The number of piperazine rings is 1. The SMILES string of the molecule is Cc1ccccc1N1CCN(C(=O)C2(CN)CCOCC2)CC1.Cl.Cl. The summed E-state index contributed by atoms with van der Waals surface area (Å²) in [7, 11) is 0. The molecular weight excluding hydrogens is 361 g/mol. The van der Waals surface area contributed by atoms with Crippen molar-refractivity contribution in [3.05, 3.63) is 29.8 Å². The fourth-order valence-corrected chi connectivity index (χ4v) is 3.67. The molecule has 2 aliphatic heterocycles. The molecule has 0 aromatic heterocycles. The van der Waals surface area contributed by atoms with Crippen LogP contribution in [0.25, 0.3) is 0 Å². The van der Waals surface area contributed by atoms with Crippen molar-refractivity contribution in [1.29, 1.82) is 0 Å². The van der Waals surface area contributed by atoms with Gasteiger partial charge in [-0.1, -0.05) is 18.2 Å². The lowest BCUT2D eigenvalue weighted by atomic mass is 9.78. The zero-order chi connectivity index (χ0) is 16.3. The van der Waals surface area contributed by atoms with Crippen molar-refractivity contribution >= 4 is 36.4 Å². The molecule has 0 unspecified atom stereocenters. The second-order valence-electron chi connectivity index (χ2n) is 6.66. The standard InChI is InChI=1S/C18H27N3O2.2ClH/c1-15-4-2-3-5-16(15)20-8-10-21(11-9-20)17(22)18(14-19)6-12-23-13-7-18;;/h2-5H,6-14,19H2,1H3;2*1H. The number of aryl methyl sites for hydroxylation is 1. The summed E-state index contributed by atoms with van der Waals surface area (Å²) in [5, 5.41) is 0. The lowest BCUT2D eigenvalue weighted by molar-refractivity contribution is -0.147. The Bertz CT molecular complexity index is 557. The Hall–Kier alpha value is -1.01. The summed E-state index contributed by atoms with van der Waals surface area (Å²) in [5.41, 5.74) is 8.14. The summed E-state index contributed by atoms with van der Waals surface area (Å²) in [6, 6.07) is 8.44. The van der Waals surface area contributed by atoms with Gasteiger partial charge in [-0.25, -0.2) is 0 Å². The molecule has 0 saturated carbocycles. The summed E-state index contributed by atoms with van der Waals surface area (Å²) in [4.78, 5) is 17.4. The zero-order valence-electron chi connectivity index (χ0n) is 14.8. The highest BCUT2D eigenvalue weighted by Gasteiger charge is 2.42. The van der Waals surface area contributed by atoms with Gasteiger partial charge in [-0.3, -0.25) is 4.79 Å². The Labute approximate surface area is 162 Å². The molecule has 3 rings (SSSR count). The largest absolute Gasteiger partial charge is 0.381 e. The number of carbonyl (C=O) groups is 1. The van der Waals surface area contributed by atoms with Gasteiger partial charge in [-0.05, 0) is 31.4 Å². The van der Waals surface area contributed by atoms with Crippen LogP contribution < -0.4 is 10.6 Å². The Morgan fingerprint density at radius 3 is 2.28 bits per heavy atom. The summed E-state index contributed by atoms with van der Waals surface area (Å²) in [6.07, 6.45) is 1.50. The Morgan fingerprint density at radius 2 is 1.72 bits per heavy atom. The van der Waals surface area contributed by atoms with Gasteiger partial charge in [0.2, 0.25) is 5.91 Å². The molecule has 1 aromatic carbocycles. The quantitative estimate of drug-likeness (QED) is 0.860. The molecule has 1 aromatic rings. The highest BCUT2D eigenvalue weighted by atomic mass is 35.5. The molecule has 7 heteroatoms. The van der Waals surface area contributed by atoms with Crippen LogP contribution in [0.1, 0.15) is 18.4 Å². The molecule has 142 valence electrons. The van der Waals surface area contributed by atoms with Crippen molar-refractivity contribution in [2.75, 3.05) is 50.8 Å². The van der Waals surface area contributed by atoms with Gasteiger partial charge in [-0.15, -0.1) is 24.8 Å². The molecule has 2 aliphatic rings. The smallest absolute Gasteiger partial charge is 0.230 e. The Balaban J connectivity index is 0.00000156. The van der Waals surface area contributed by atoms with Gasteiger partial charge in [-0.2, -0.15) is 0 Å². The number of nitrogens with zero attached hydrogens (tertiary/aromatic N) is 2. The van der Waals surface area contributed by atoms with E-state index < -0.39 is 5.41 Å². The maximum Gasteiger partial charge on any atom is 0.230 e. The Kier molecular flexibility index (Phi) is 8.48. The average molecular weight is 390 g/mol. The van der Waals surface area contributed by atoms with Crippen molar-refractivity contribution in [1.82, 2.24) is 4.90 Å². The maximum absolute atomic E-state index is 13.0. The third-order valence-electron chi connectivity index (χ3n) is 5.32. The molecular formula is C18H29Cl2N3O2. The number of halogens is 2. The maximum atomic E-state index is 13.0. The minimum absolute atomic E-state index is 0. The van der Waals surface area contributed by atoms with Crippen LogP contribution in [0.4, 0.5) is 5.69 Å². The number of hydrogen-bond donors (Lipinski definition) is 1. The highest BCUT2D eigenvalue weighted by molar-refractivity contribution is 5.85. The van der Waals surface area contributed by atoms with Crippen LogP contribution in [-0.2, 0) is 9.53 Å². The topological polar surface area (TPSA) is 58.8 Å². The molecule has 25 heavy (non-hydrogen) atoms. The van der Waals surface area contributed by atoms with Crippen LogP contribution in [0.3, 0.4) is 0 Å². The number of hydrogen-bond acceptors (Lipinski definition) is 4. The van der Waals surface area contributed by atoms with Crippen molar-refractivity contribution in [3.8, 4) is 0 Å². The number of ether oxygens (including phenoxy) is 1. The van der Waals surface area contributed by atoms with Crippen molar-refractivity contribution in [2.24, 2.45) is 11.1 Å². The summed E-state index contributed by atoms with van der Waals surface area (Å²) in [6.45, 7) is 7.16. The van der Waals surface area contributed by atoms with Gasteiger partial charge >= 0.3 is 0 Å². The lowest BCUT2D eigenvalue weighted by Gasteiger charge is -2.43. The highest BCUT2D eigenvalue weighted by Crippen LogP contribution is 2.32. The molecule has 0 radical (unpaired) electrons. The normalized spacial score (nSPS) is 19.6. The second kappa shape index (κ2) is 9.62. The molecule has 0 bridgehead atoms. The van der Waals surface area contributed by atoms with E-state index in [4.69, 9.17) is 10.5 Å². The number of carbonyl (C=O) groups excluding carboxylic acids is 1. The first-order chi connectivity index (χ1) is 11.2. The molecule has 0 spiro atoms. The molecule has 0 atom stereocenters. The van der Waals surface area contributed by atoms with Gasteiger partial charge in [0.25, 0.3) is 0 Å². The summed E-state index contributed by atoms with van der Waals surface area (Å²) in [5.74, 6) is 0.229. The first-order valence-corrected chi connectivity index (χ1v) is 8.54. The molecule has 0 aliphatic carbocycles. The van der Waals surface area contributed by atoms with Crippen LogP contribution in [0.15, 0.2) is 24.3 Å². The Morgan fingerprint density at radius 1 is 1.12 bits per heavy atom. The third-order valence-corrected chi connectivity index (χ3v) is 5.32. The third kappa shape index (κ3) is 4.59. The van der Waals surface area contributed by atoms with E-state index in [-0.39, 0.29) is 30.7 Å².